The number of ether oxygens (including phenoxy) is 1. The van der Waals surface area contributed by atoms with Gasteiger partial charge in [0.25, 0.3) is 0 Å². The van der Waals surface area contributed by atoms with E-state index in [1.807, 2.05) is 29.0 Å². The van der Waals surface area contributed by atoms with Crippen molar-refractivity contribution in [3.63, 3.8) is 0 Å². The number of aromatic nitrogens is 2. The molecule has 2 aromatic rings. The molecule has 0 bridgehead atoms. The first kappa shape index (κ1) is 14.6. The van der Waals surface area contributed by atoms with E-state index >= 15 is 0 Å². The standard InChI is InChI=1S/C14H14ClIN2O/c1-2-7-19-14(9-18-6-5-17-10-18)12-4-3-11(15)8-13(12)16/h2-6,8,10,14H,1,7,9H2. The van der Waals surface area contributed by atoms with Crippen LogP contribution in [0.5, 0.6) is 0 Å². The average Bonchev–Trinajstić information content (AvgIpc) is 2.88. The fraction of sp³-hybridized carbons (Fsp3) is 0.214. The molecule has 0 radical (unpaired) electrons. The Labute approximate surface area is 131 Å². The Bertz CT molecular complexity index is 542. The first-order chi connectivity index (χ1) is 9.20. The van der Waals surface area contributed by atoms with Crippen LogP contribution in [0.15, 0.2) is 49.6 Å². The lowest BCUT2D eigenvalue weighted by Crippen LogP contribution is -2.13. The Morgan fingerprint density at radius 1 is 1.53 bits per heavy atom. The van der Waals surface area contributed by atoms with Crippen molar-refractivity contribution >= 4 is 34.2 Å². The molecule has 3 nitrogen and oxygen atoms in total. The van der Waals surface area contributed by atoms with Crippen molar-refractivity contribution in [2.24, 2.45) is 0 Å². The number of rotatable bonds is 6. The van der Waals surface area contributed by atoms with E-state index in [9.17, 15) is 0 Å². The molecule has 0 spiro atoms. The summed E-state index contributed by atoms with van der Waals surface area (Å²) in [5, 5.41) is 0.734. The predicted molar refractivity (Wildman–Crippen MR) is 85.3 cm³/mol. The van der Waals surface area contributed by atoms with Gasteiger partial charge in [0.15, 0.2) is 0 Å². The highest BCUT2D eigenvalue weighted by molar-refractivity contribution is 14.1. The lowest BCUT2D eigenvalue weighted by Gasteiger charge is -2.19. The average molecular weight is 389 g/mol. The van der Waals surface area contributed by atoms with Crippen molar-refractivity contribution in [2.75, 3.05) is 6.61 Å². The number of benzene rings is 1. The van der Waals surface area contributed by atoms with Crippen molar-refractivity contribution in [1.29, 1.82) is 0 Å². The first-order valence-electron chi connectivity index (χ1n) is 5.84. The molecule has 2 rings (SSSR count). The highest BCUT2D eigenvalue weighted by Crippen LogP contribution is 2.27. The van der Waals surface area contributed by atoms with Crippen LogP contribution in [0.3, 0.4) is 0 Å². The second-order valence-electron chi connectivity index (χ2n) is 4.04. The van der Waals surface area contributed by atoms with Gasteiger partial charge in [-0.2, -0.15) is 0 Å². The molecule has 0 amide bonds. The van der Waals surface area contributed by atoms with Crippen LogP contribution in [0.2, 0.25) is 5.02 Å². The molecular formula is C14H14ClIN2O. The van der Waals surface area contributed by atoms with Crippen LogP contribution in [-0.4, -0.2) is 16.2 Å². The van der Waals surface area contributed by atoms with Crippen molar-refractivity contribution < 1.29 is 4.74 Å². The van der Waals surface area contributed by atoms with Gasteiger partial charge in [-0.3, -0.25) is 0 Å². The summed E-state index contributed by atoms with van der Waals surface area (Å²) in [6.07, 6.45) is 7.18. The monoisotopic (exact) mass is 388 g/mol. The van der Waals surface area contributed by atoms with Gasteiger partial charge in [0.2, 0.25) is 0 Å². The van der Waals surface area contributed by atoms with E-state index in [1.54, 1.807) is 18.6 Å². The first-order valence-corrected chi connectivity index (χ1v) is 7.29. The van der Waals surface area contributed by atoms with Gasteiger partial charge in [0.1, 0.15) is 6.10 Å². The molecule has 100 valence electrons. The summed E-state index contributed by atoms with van der Waals surface area (Å²) in [5.41, 5.74) is 1.13. The van der Waals surface area contributed by atoms with Crippen LogP contribution in [0.25, 0.3) is 0 Å². The summed E-state index contributed by atoms with van der Waals surface area (Å²) < 4.78 is 8.95. The smallest absolute Gasteiger partial charge is 0.102 e. The van der Waals surface area contributed by atoms with Crippen molar-refractivity contribution in [3.8, 4) is 0 Å². The van der Waals surface area contributed by atoms with Gasteiger partial charge in [0, 0.05) is 21.0 Å². The third-order valence-corrected chi connectivity index (χ3v) is 3.83. The summed E-state index contributed by atoms with van der Waals surface area (Å²) >= 11 is 8.27. The fourth-order valence-corrected chi connectivity index (χ4v) is 2.99. The lowest BCUT2D eigenvalue weighted by molar-refractivity contribution is 0.0601. The van der Waals surface area contributed by atoms with E-state index in [0.29, 0.717) is 13.2 Å². The molecule has 0 saturated carbocycles. The van der Waals surface area contributed by atoms with Crippen LogP contribution in [0, 0.1) is 3.57 Å². The minimum absolute atomic E-state index is 0.0450. The van der Waals surface area contributed by atoms with E-state index in [4.69, 9.17) is 16.3 Å². The molecule has 0 saturated heterocycles. The summed E-state index contributed by atoms with van der Waals surface area (Å²) in [7, 11) is 0. The highest BCUT2D eigenvalue weighted by Gasteiger charge is 2.15. The van der Waals surface area contributed by atoms with E-state index in [2.05, 4.69) is 34.2 Å². The number of imidazole rings is 1. The Kier molecular flexibility index (Phi) is 5.42. The quantitative estimate of drug-likeness (QED) is 0.551. The number of hydrogen-bond donors (Lipinski definition) is 0. The number of nitrogens with zero attached hydrogens (tertiary/aromatic N) is 2. The topological polar surface area (TPSA) is 27.1 Å². The number of hydrogen-bond acceptors (Lipinski definition) is 2. The second kappa shape index (κ2) is 7.07. The van der Waals surface area contributed by atoms with E-state index < -0.39 is 0 Å². The molecule has 19 heavy (non-hydrogen) atoms. The van der Waals surface area contributed by atoms with Crippen LogP contribution in [0.4, 0.5) is 0 Å². The zero-order valence-corrected chi connectivity index (χ0v) is 13.2. The maximum Gasteiger partial charge on any atom is 0.102 e. The summed E-state index contributed by atoms with van der Waals surface area (Å²) in [5.74, 6) is 0. The van der Waals surface area contributed by atoms with Gasteiger partial charge in [-0.1, -0.05) is 23.7 Å². The molecule has 0 N–H and O–H groups in total. The molecule has 5 heteroatoms. The molecule has 0 aliphatic carbocycles. The Morgan fingerprint density at radius 3 is 3.00 bits per heavy atom. The largest absolute Gasteiger partial charge is 0.368 e. The van der Waals surface area contributed by atoms with Gasteiger partial charge in [0.05, 0.1) is 19.5 Å². The minimum atomic E-state index is -0.0450. The third-order valence-electron chi connectivity index (χ3n) is 2.66. The van der Waals surface area contributed by atoms with Gasteiger partial charge in [-0.25, -0.2) is 4.98 Å². The number of halogens is 2. The van der Waals surface area contributed by atoms with Gasteiger partial charge in [-0.15, -0.1) is 6.58 Å². The molecule has 0 aliphatic heterocycles. The zero-order valence-electron chi connectivity index (χ0n) is 10.3. The maximum absolute atomic E-state index is 5.99. The minimum Gasteiger partial charge on any atom is -0.368 e. The van der Waals surface area contributed by atoms with Crippen molar-refractivity contribution in [1.82, 2.24) is 9.55 Å². The Morgan fingerprint density at radius 2 is 2.37 bits per heavy atom. The van der Waals surface area contributed by atoms with Crippen LogP contribution in [-0.2, 0) is 11.3 Å². The van der Waals surface area contributed by atoms with Crippen LogP contribution in [0.1, 0.15) is 11.7 Å². The van der Waals surface area contributed by atoms with Crippen molar-refractivity contribution in [2.45, 2.75) is 12.6 Å². The molecule has 0 aliphatic rings. The van der Waals surface area contributed by atoms with E-state index in [0.717, 1.165) is 14.2 Å². The molecule has 1 aromatic heterocycles. The lowest BCUT2D eigenvalue weighted by atomic mass is 10.1. The summed E-state index contributed by atoms with van der Waals surface area (Å²) in [6, 6.07) is 5.83. The van der Waals surface area contributed by atoms with Gasteiger partial charge >= 0.3 is 0 Å². The molecule has 1 aromatic carbocycles. The Balaban J connectivity index is 2.22. The third kappa shape index (κ3) is 4.06. The Hall–Kier alpha value is -0.850. The molecular weight excluding hydrogens is 375 g/mol. The maximum atomic E-state index is 5.99. The molecule has 0 fully saturated rings. The van der Waals surface area contributed by atoms with E-state index in [-0.39, 0.29) is 6.10 Å². The zero-order chi connectivity index (χ0) is 13.7. The van der Waals surface area contributed by atoms with Gasteiger partial charge in [-0.05, 0) is 40.3 Å². The SMILES string of the molecule is C=CCOC(Cn1ccnc1)c1ccc(Cl)cc1I. The molecule has 1 heterocycles. The molecule has 1 atom stereocenters. The van der Waals surface area contributed by atoms with Crippen LogP contribution >= 0.6 is 34.2 Å². The summed E-state index contributed by atoms with van der Waals surface area (Å²) in [4.78, 5) is 4.05. The highest BCUT2D eigenvalue weighted by atomic mass is 127. The molecule has 1 unspecified atom stereocenters. The summed E-state index contributed by atoms with van der Waals surface area (Å²) in [6.45, 7) is 4.92. The van der Waals surface area contributed by atoms with E-state index in [1.165, 1.54) is 0 Å². The normalized spacial score (nSPS) is 12.3. The van der Waals surface area contributed by atoms with Gasteiger partial charge < -0.3 is 9.30 Å². The second-order valence-corrected chi connectivity index (χ2v) is 5.63. The van der Waals surface area contributed by atoms with Crippen LogP contribution < -0.4 is 0 Å². The fourth-order valence-electron chi connectivity index (χ4n) is 1.77. The predicted octanol–water partition coefficient (Wildman–Crippen LogP) is 4.09. The van der Waals surface area contributed by atoms with Crippen molar-refractivity contribution in [3.05, 3.63) is 63.7 Å².